The molecule has 0 unspecified atom stereocenters. The molecule has 6 nitrogen and oxygen atoms in total. The minimum Gasteiger partial charge on any atom is -0.462 e. The summed E-state index contributed by atoms with van der Waals surface area (Å²) < 4.78 is 19.3. The van der Waals surface area contributed by atoms with E-state index in [1.165, 1.54) is 5.57 Å². The van der Waals surface area contributed by atoms with Crippen LogP contribution in [0.15, 0.2) is 47.1 Å². The number of aliphatic hydroxyl groups excluding tert-OH is 1. The highest BCUT2D eigenvalue weighted by Gasteiger charge is 2.50. The highest BCUT2D eigenvalue weighted by atomic mass is 16.7. The van der Waals surface area contributed by atoms with Crippen molar-refractivity contribution in [1.29, 1.82) is 0 Å². The Morgan fingerprint density at radius 1 is 1.05 bits per heavy atom. The largest absolute Gasteiger partial charge is 0.462 e. The summed E-state index contributed by atoms with van der Waals surface area (Å²) in [6.07, 6.45) is 13.2. The smallest absolute Gasteiger partial charge is 0.316 e. The van der Waals surface area contributed by atoms with Gasteiger partial charge >= 0.3 is 5.97 Å². The SMILES string of the molecule is CC1=C[C@H]2C(=O)O[C@H]3C[C@@H](C/C=C(\C)C[C@@H](C)/C=C/C=C(\C)[C@]2(O)C[C@@H]1O)O[C@@]1(CC[C@H](C)[C@@H](C)O1)C3. The molecule has 4 aliphatic rings. The first-order chi connectivity index (χ1) is 17.4. The van der Waals surface area contributed by atoms with Gasteiger partial charge in [0.05, 0.1) is 18.3 Å². The van der Waals surface area contributed by atoms with Gasteiger partial charge in [-0.1, -0.05) is 49.8 Å². The van der Waals surface area contributed by atoms with Crippen molar-refractivity contribution >= 4 is 5.97 Å². The molecule has 4 rings (SSSR count). The van der Waals surface area contributed by atoms with Crippen LogP contribution < -0.4 is 0 Å². The Balaban J connectivity index is 1.70. The van der Waals surface area contributed by atoms with Crippen molar-refractivity contribution in [1.82, 2.24) is 0 Å². The van der Waals surface area contributed by atoms with E-state index in [1.807, 2.05) is 19.1 Å². The summed E-state index contributed by atoms with van der Waals surface area (Å²) in [7, 11) is 0. The summed E-state index contributed by atoms with van der Waals surface area (Å²) in [5.41, 5.74) is 1.09. The van der Waals surface area contributed by atoms with E-state index < -0.39 is 29.4 Å². The third-order valence-corrected chi connectivity index (χ3v) is 8.98. The zero-order chi connectivity index (χ0) is 27.0. The first kappa shape index (κ1) is 28.3. The number of carbonyl (C=O) groups excluding carboxylic acids is 1. The second-order valence-corrected chi connectivity index (χ2v) is 12.2. The maximum Gasteiger partial charge on any atom is 0.316 e. The molecule has 0 aromatic rings. The van der Waals surface area contributed by atoms with E-state index >= 15 is 0 Å². The van der Waals surface area contributed by atoms with Crippen LogP contribution in [0.2, 0.25) is 0 Å². The predicted molar refractivity (Wildman–Crippen MR) is 144 cm³/mol. The van der Waals surface area contributed by atoms with Gasteiger partial charge in [0, 0.05) is 25.7 Å². The number of hydrogen-bond acceptors (Lipinski definition) is 6. The van der Waals surface area contributed by atoms with Crippen molar-refractivity contribution in [3.8, 4) is 0 Å². The molecule has 3 aliphatic heterocycles. The number of hydrogen-bond donors (Lipinski definition) is 2. The fraction of sp³-hybridized carbons (Fsp3) is 0.710. The second kappa shape index (κ2) is 11.2. The topological polar surface area (TPSA) is 85.2 Å². The molecule has 2 bridgehead atoms. The average molecular weight is 515 g/mol. The number of ether oxygens (including phenoxy) is 3. The highest BCUT2D eigenvalue weighted by molar-refractivity contribution is 5.78. The highest BCUT2D eigenvalue weighted by Crippen LogP contribution is 2.44. The van der Waals surface area contributed by atoms with Gasteiger partial charge in [-0.2, -0.15) is 0 Å². The molecule has 37 heavy (non-hydrogen) atoms. The predicted octanol–water partition coefficient (Wildman–Crippen LogP) is 5.55. The first-order valence-corrected chi connectivity index (χ1v) is 14.1. The number of carbonyl (C=O) groups is 1. The normalized spacial score (nSPS) is 47.5. The van der Waals surface area contributed by atoms with Crippen molar-refractivity contribution < 1.29 is 29.2 Å². The fourth-order valence-corrected chi connectivity index (χ4v) is 6.32. The van der Waals surface area contributed by atoms with Gasteiger partial charge in [-0.05, 0) is 69.9 Å². The van der Waals surface area contributed by atoms with Crippen LogP contribution in [0.1, 0.15) is 86.5 Å². The number of esters is 1. The molecule has 0 saturated carbocycles. The van der Waals surface area contributed by atoms with Crippen molar-refractivity contribution in [2.45, 2.75) is 122 Å². The number of allylic oxidation sites excluding steroid dienone is 4. The van der Waals surface area contributed by atoms with Crippen LogP contribution in [0.25, 0.3) is 0 Å². The summed E-state index contributed by atoms with van der Waals surface area (Å²) in [6.45, 7) is 12.2. The summed E-state index contributed by atoms with van der Waals surface area (Å²) in [5, 5.41) is 22.4. The van der Waals surface area contributed by atoms with Crippen LogP contribution in [0, 0.1) is 17.8 Å². The van der Waals surface area contributed by atoms with Gasteiger partial charge in [-0.15, -0.1) is 0 Å². The van der Waals surface area contributed by atoms with Crippen LogP contribution in [-0.2, 0) is 19.0 Å². The lowest BCUT2D eigenvalue weighted by Crippen LogP contribution is -2.54. The van der Waals surface area contributed by atoms with Crippen LogP contribution in [0.5, 0.6) is 0 Å². The summed E-state index contributed by atoms with van der Waals surface area (Å²) in [4.78, 5) is 13.7. The van der Waals surface area contributed by atoms with Crippen molar-refractivity contribution in [3.63, 3.8) is 0 Å². The van der Waals surface area contributed by atoms with E-state index in [0.29, 0.717) is 35.8 Å². The van der Waals surface area contributed by atoms with E-state index in [4.69, 9.17) is 14.2 Å². The minimum absolute atomic E-state index is 0.0571. The minimum atomic E-state index is -1.52. The standard InChI is InChI=1S/C31H46O6/c1-19-8-7-9-23(5)31(34)18-28(32)22(4)15-27(31)29(33)35-26-16-25(11-10-20(2)14-19)37-30(17-26)13-12-21(3)24(6)36-30/h7-10,15,19,21,24-28,32,34H,11-14,16-18H2,1-6H3/b8-7+,20-10+,23-9+/t19-,21-,24+,25+,26-,27-,28-,30-,31+/m0/s1. The van der Waals surface area contributed by atoms with E-state index in [2.05, 4.69) is 39.8 Å². The molecule has 2 saturated heterocycles. The molecule has 1 spiro atoms. The van der Waals surface area contributed by atoms with Crippen molar-refractivity contribution in [2.75, 3.05) is 0 Å². The Hall–Kier alpha value is -1.73. The van der Waals surface area contributed by atoms with Gasteiger partial charge in [-0.3, -0.25) is 4.79 Å². The molecule has 9 atom stereocenters. The molecular weight excluding hydrogens is 468 g/mol. The molecule has 0 aromatic heterocycles. The lowest BCUT2D eigenvalue weighted by Gasteiger charge is -2.49. The van der Waals surface area contributed by atoms with Crippen LogP contribution in [0.3, 0.4) is 0 Å². The molecule has 6 heteroatoms. The number of fused-ring (bicyclic) bond motifs is 3. The quantitative estimate of drug-likeness (QED) is 0.326. The third-order valence-electron chi connectivity index (χ3n) is 8.98. The summed E-state index contributed by atoms with van der Waals surface area (Å²) >= 11 is 0. The fourth-order valence-electron chi connectivity index (χ4n) is 6.32. The zero-order valence-corrected chi connectivity index (χ0v) is 23.4. The maximum absolute atomic E-state index is 13.7. The van der Waals surface area contributed by atoms with E-state index in [0.717, 1.165) is 25.7 Å². The van der Waals surface area contributed by atoms with Gasteiger partial charge < -0.3 is 24.4 Å². The van der Waals surface area contributed by atoms with Crippen molar-refractivity contribution in [3.05, 3.63) is 47.1 Å². The molecule has 0 amide bonds. The molecule has 0 radical (unpaired) electrons. The molecule has 2 N–H and O–H groups in total. The zero-order valence-electron chi connectivity index (χ0n) is 23.4. The second-order valence-electron chi connectivity index (χ2n) is 12.2. The lowest BCUT2D eigenvalue weighted by molar-refractivity contribution is -0.332. The Morgan fingerprint density at radius 2 is 1.81 bits per heavy atom. The summed E-state index contributed by atoms with van der Waals surface area (Å²) in [5.74, 6) is -1.35. The van der Waals surface area contributed by atoms with E-state index in [9.17, 15) is 15.0 Å². The lowest BCUT2D eigenvalue weighted by atomic mass is 9.71. The van der Waals surface area contributed by atoms with Gasteiger partial charge in [0.25, 0.3) is 0 Å². The van der Waals surface area contributed by atoms with Crippen molar-refractivity contribution in [2.24, 2.45) is 17.8 Å². The van der Waals surface area contributed by atoms with E-state index in [1.54, 1.807) is 13.0 Å². The van der Waals surface area contributed by atoms with Gasteiger partial charge in [-0.25, -0.2) is 0 Å². The van der Waals surface area contributed by atoms with E-state index in [-0.39, 0.29) is 24.7 Å². The average Bonchev–Trinajstić information content (AvgIpc) is 2.82. The Morgan fingerprint density at radius 3 is 2.54 bits per heavy atom. The van der Waals surface area contributed by atoms with Crippen LogP contribution in [0.4, 0.5) is 0 Å². The van der Waals surface area contributed by atoms with Gasteiger partial charge in [0.2, 0.25) is 0 Å². The molecule has 0 aromatic carbocycles. The van der Waals surface area contributed by atoms with Gasteiger partial charge in [0.15, 0.2) is 5.79 Å². The monoisotopic (exact) mass is 514 g/mol. The van der Waals surface area contributed by atoms with Gasteiger partial charge in [0.1, 0.15) is 17.6 Å². The Bertz CT molecular complexity index is 978. The third kappa shape index (κ3) is 6.30. The Labute approximate surface area is 222 Å². The summed E-state index contributed by atoms with van der Waals surface area (Å²) in [6, 6.07) is 0. The number of rotatable bonds is 0. The molecular formula is C31H46O6. The Kier molecular flexibility index (Phi) is 8.54. The molecule has 2 fully saturated rings. The molecule has 3 heterocycles. The van der Waals surface area contributed by atoms with Crippen LogP contribution >= 0.6 is 0 Å². The molecule has 1 aliphatic carbocycles. The van der Waals surface area contributed by atoms with Crippen LogP contribution in [-0.4, -0.2) is 52.0 Å². The number of aliphatic hydroxyl groups is 2. The first-order valence-electron chi connectivity index (χ1n) is 14.1. The maximum atomic E-state index is 13.7. The molecule has 206 valence electrons.